The molecule has 1 aliphatic heterocycles. The third-order valence-corrected chi connectivity index (χ3v) is 6.01. The van der Waals surface area contributed by atoms with Crippen LogP contribution in [0, 0.1) is 0 Å². The summed E-state index contributed by atoms with van der Waals surface area (Å²) in [6.07, 6.45) is 0.837. The van der Waals surface area contributed by atoms with Gasteiger partial charge in [0.15, 0.2) is 0 Å². The number of benzene rings is 1. The number of ether oxygens (including phenoxy) is 1. The summed E-state index contributed by atoms with van der Waals surface area (Å²) in [5.41, 5.74) is 0. The zero-order valence-corrected chi connectivity index (χ0v) is 14.0. The molecule has 7 heteroatoms. The van der Waals surface area contributed by atoms with Gasteiger partial charge in [-0.15, -0.1) is 0 Å². The molecule has 1 saturated heterocycles. The standard InChI is InChI=1S/C13H19BrN2O3S/c1-3-16(11-6-7-15-9-11)20(17,18)13-8-10(14)4-5-12(13)19-2/h4-5,8,11,15H,3,6-7,9H2,1-2H3. The van der Waals surface area contributed by atoms with E-state index in [0.29, 0.717) is 18.8 Å². The molecule has 0 spiro atoms. The molecule has 0 aromatic heterocycles. The minimum atomic E-state index is -3.56. The Labute approximate surface area is 128 Å². The van der Waals surface area contributed by atoms with Crippen LogP contribution in [-0.2, 0) is 10.0 Å². The van der Waals surface area contributed by atoms with Gasteiger partial charge in [0.05, 0.1) is 7.11 Å². The molecule has 5 nitrogen and oxygen atoms in total. The second-order valence-electron chi connectivity index (χ2n) is 4.65. The molecule has 1 heterocycles. The maximum Gasteiger partial charge on any atom is 0.247 e. The number of sulfonamides is 1. The van der Waals surface area contributed by atoms with E-state index >= 15 is 0 Å². The predicted octanol–water partition coefficient (Wildman–Crippen LogP) is 1.83. The largest absolute Gasteiger partial charge is 0.495 e. The summed E-state index contributed by atoms with van der Waals surface area (Å²) >= 11 is 3.32. The van der Waals surface area contributed by atoms with E-state index in [4.69, 9.17) is 4.74 Å². The van der Waals surface area contributed by atoms with Crippen LogP contribution in [0.1, 0.15) is 13.3 Å². The molecule has 1 fully saturated rings. The molecule has 0 amide bonds. The van der Waals surface area contributed by atoms with Crippen LogP contribution in [0.4, 0.5) is 0 Å². The number of hydrogen-bond acceptors (Lipinski definition) is 4. The van der Waals surface area contributed by atoms with Gasteiger partial charge in [0, 0.05) is 23.6 Å². The summed E-state index contributed by atoms with van der Waals surface area (Å²) in [5, 5.41) is 3.20. The second-order valence-corrected chi connectivity index (χ2v) is 7.42. The number of halogens is 1. The molecule has 112 valence electrons. The van der Waals surface area contributed by atoms with Crippen LogP contribution in [0.2, 0.25) is 0 Å². The molecule has 0 radical (unpaired) electrons. The van der Waals surface area contributed by atoms with Crippen molar-refractivity contribution in [1.82, 2.24) is 9.62 Å². The van der Waals surface area contributed by atoms with Crippen molar-refractivity contribution in [2.75, 3.05) is 26.7 Å². The van der Waals surface area contributed by atoms with Crippen molar-refractivity contribution in [3.05, 3.63) is 22.7 Å². The fourth-order valence-corrected chi connectivity index (χ4v) is 4.85. The topological polar surface area (TPSA) is 58.6 Å². The molecule has 1 aliphatic rings. The van der Waals surface area contributed by atoms with Gasteiger partial charge in [-0.25, -0.2) is 8.42 Å². The molecule has 1 aromatic rings. The van der Waals surface area contributed by atoms with Crippen LogP contribution in [0.5, 0.6) is 5.75 Å². The molecular formula is C13H19BrN2O3S. The maximum absolute atomic E-state index is 12.9. The Morgan fingerprint density at radius 3 is 2.80 bits per heavy atom. The Kier molecular flexibility index (Phi) is 5.06. The Morgan fingerprint density at radius 2 is 2.25 bits per heavy atom. The quantitative estimate of drug-likeness (QED) is 0.867. The van der Waals surface area contributed by atoms with Crippen LogP contribution in [0.3, 0.4) is 0 Å². The Morgan fingerprint density at radius 1 is 1.50 bits per heavy atom. The highest BCUT2D eigenvalue weighted by Crippen LogP contribution is 2.31. The highest BCUT2D eigenvalue weighted by Gasteiger charge is 2.33. The van der Waals surface area contributed by atoms with Crippen molar-refractivity contribution in [2.24, 2.45) is 0 Å². The van der Waals surface area contributed by atoms with Crippen LogP contribution in [0.25, 0.3) is 0 Å². The van der Waals surface area contributed by atoms with Crippen LogP contribution < -0.4 is 10.1 Å². The minimum Gasteiger partial charge on any atom is -0.495 e. The summed E-state index contributed by atoms with van der Waals surface area (Å²) in [4.78, 5) is 0.211. The van der Waals surface area contributed by atoms with Gasteiger partial charge in [-0.1, -0.05) is 22.9 Å². The van der Waals surface area contributed by atoms with Crippen molar-refractivity contribution in [3.8, 4) is 5.75 Å². The monoisotopic (exact) mass is 362 g/mol. The predicted molar refractivity (Wildman–Crippen MR) is 81.5 cm³/mol. The lowest BCUT2D eigenvalue weighted by Gasteiger charge is -2.27. The molecule has 0 saturated carbocycles. The van der Waals surface area contributed by atoms with Gasteiger partial charge in [-0.3, -0.25) is 0 Å². The van der Waals surface area contributed by atoms with Crippen molar-refractivity contribution in [3.63, 3.8) is 0 Å². The van der Waals surface area contributed by atoms with Crippen LogP contribution in [-0.4, -0.2) is 45.5 Å². The number of hydrogen-bond donors (Lipinski definition) is 1. The van der Waals surface area contributed by atoms with Gasteiger partial charge >= 0.3 is 0 Å². The van der Waals surface area contributed by atoms with Crippen LogP contribution in [0.15, 0.2) is 27.6 Å². The summed E-state index contributed by atoms with van der Waals surface area (Å²) in [6.45, 7) is 3.86. The summed E-state index contributed by atoms with van der Waals surface area (Å²) in [5.74, 6) is 0.373. The molecule has 0 aliphatic carbocycles. The van der Waals surface area contributed by atoms with E-state index in [1.54, 1.807) is 22.5 Å². The van der Waals surface area contributed by atoms with Gasteiger partial charge in [0.1, 0.15) is 10.6 Å². The number of likely N-dealkylation sites (N-methyl/N-ethyl adjacent to an activating group) is 1. The first kappa shape index (κ1) is 15.8. The number of nitrogens with zero attached hydrogens (tertiary/aromatic N) is 1. The normalized spacial score (nSPS) is 19.5. The van der Waals surface area contributed by atoms with Gasteiger partial charge in [0.2, 0.25) is 10.0 Å². The van der Waals surface area contributed by atoms with E-state index in [2.05, 4.69) is 21.2 Å². The zero-order valence-electron chi connectivity index (χ0n) is 11.6. The molecule has 1 unspecified atom stereocenters. The first-order chi connectivity index (χ1) is 9.50. The smallest absolute Gasteiger partial charge is 0.247 e. The average Bonchev–Trinajstić information content (AvgIpc) is 2.93. The SMILES string of the molecule is CCN(C1CCNC1)S(=O)(=O)c1cc(Br)ccc1OC. The molecule has 0 bridgehead atoms. The minimum absolute atomic E-state index is 0.00804. The number of methoxy groups -OCH3 is 1. The lowest BCUT2D eigenvalue weighted by molar-refractivity contribution is 0.344. The van der Waals surface area contributed by atoms with Gasteiger partial charge < -0.3 is 10.1 Å². The third kappa shape index (κ3) is 3.00. The highest BCUT2D eigenvalue weighted by molar-refractivity contribution is 9.10. The van der Waals surface area contributed by atoms with Crippen molar-refractivity contribution < 1.29 is 13.2 Å². The summed E-state index contributed by atoms with van der Waals surface area (Å²) in [7, 11) is -2.08. The molecule has 1 N–H and O–H groups in total. The number of rotatable bonds is 5. The first-order valence-corrected chi connectivity index (χ1v) is 8.80. The molecule has 2 rings (SSSR count). The van der Waals surface area contributed by atoms with E-state index < -0.39 is 10.0 Å². The van der Waals surface area contributed by atoms with E-state index in [0.717, 1.165) is 17.4 Å². The third-order valence-electron chi connectivity index (χ3n) is 3.47. The van der Waals surface area contributed by atoms with Crippen molar-refractivity contribution >= 4 is 26.0 Å². The number of nitrogens with one attached hydrogen (secondary N) is 1. The summed E-state index contributed by atoms with van der Waals surface area (Å²) in [6, 6.07) is 5.04. The fourth-order valence-electron chi connectivity index (χ4n) is 2.49. The van der Waals surface area contributed by atoms with Crippen molar-refractivity contribution in [2.45, 2.75) is 24.3 Å². The van der Waals surface area contributed by atoms with E-state index in [1.807, 2.05) is 6.92 Å². The fraction of sp³-hybridized carbons (Fsp3) is 0.538. The Hall–Kier alpha value is -0.630. The summed E-state index contributed by atoms with van der Waals surface area (Å²) < 4.78 is 33.2. The Balaban J connectivity index is 2.44. The zero-order chi connectivity index (χ0) is 14.8. The van der Waals surface area contributed by atoms with Gasteiger partial charge in [0.25, 0.3) is 0 Å². The average molecular weight is 363 g/mol. The molecule has 1 aromatic carbocycles. The molecule has 1 atom stereocenters. The lowest BCUT2D eigenvalue weighted by atomic mass is 10.3. The van der Waals surface area contributed by atoms with E-state index in [-0.39, 0.29) is 10.9 Å². The Bertz CT molecular complexity index is 571. The van der Waals surface area contributed by atoms with E-state index in [9.17, 15) is 8.42 Å². The molecular weight excluding hydrogens is 344 g/mol. The van der Waals surface area contributed by atoms with Crippen molar-refractivity contribution in [1.29, 1.82) is 0 Å². The lowest BCUT2D eigenvalue weighted by Crippen LogP contribution is -2.41. The van der Waals surface area contributed by atoms with Crippen LogP contribution >= 0.6 is 15.9 Å². The molecule has 20 heavy (non-hydrogen) atoms. The maximum atomic E-state index is 12.9. The van der Waals surface area contributed by atoms with E-state index in [1.165, 1.54) is 7.11 Å². The van der Waals surface area contributed by atoms with Gasteiger partial charge in [-0.2, -0.15) is 4.31 Å². The highest BCUT2D eigenvalue weighted by atomic mass is 79.9. The second kappa shape index (κ2) is 6.43. The van der Waals surface area contributed by atoms with Gasteiger partial charge in [-0.05, 0) is 31.2 Å². The first-order valence-electron chi connectivity index (χ1n) is 6.56.